The molecule has 2 aromatic rings. The third-order valence-corrected chi connectivity index (χ3v) is 3.73. The second-order valence-electron chi connectivity index (χ2n) is 5.40. The van der Waals surface area contributed by atoms with E-state index in [0.717, 1.165) is 22.5 Å². The molecule has 0 radical (unpaired) electrons. The summed E-state index contributed by atoms with van der Waals surface area (Å²) < 4.78 is 0. The van der Waals surface area contributed by atoms with E-state index >= 15 is 0 Å². The van der Waals surface area contributed by atoms with Crippen LogP contribution in [0.2, 0.25) is 0 Å². The zero-order valence-electron chi connectivity index (χ0n) is 12.4. The van der Waals surface area contributed by atoms with E-state index in [1.54, 1.807) is 0 Å². The first-order valence-corrected chi connectivity index (χ1v) is 7.07. The fourth-order valence-electron chi connectivity index (χ4n) is 2.70. The maximum Gasteiger partial charge on any atom is 0.227 e. The van der Waals surface area contributed by atoms with Crippen LogP contribution in [0.25, 0.3) is 11.0 Å². The Kier molecular flexibility index (Phi) is 3.60. The Morgan fingerprint density at radius 1 is 1.24 bits per heavy atom. The lowest BCUT2D eigenvalue weighted by Crippen LogP contribution is -2.32. The first-order valence-electron chi connectivity index (χ1n) is 7.07. The quantitative estimate of drug-likeness (QED) is 0.650. The van der Waals surface area contributed by atoms with Crippen molar-refractivity contribution in [2.45, 2.75) is 26.0 Å². The highest BCUT2D eigenvalue weighted by atomic mass is 16.3. The number of nitrogens with one attached hydrogen (secondary N) is 3. The summed E-state index contributed by atoms with van der Waals surface area (Å²) in [7, 11) is 1.83. The number of rotatable bonds is 3. The Labute approximate surface area is 123 Å². The number of hydrogen-bond donors (Lipinski definition) is 4. The van der Waals surface area contributed by atoms with Crippen molar-refractivity contribution < 1.29 is 5.11 Å². The minimum Gasteiger partial charge on any atom is -0.390 e. The second-order valence-corrected chi connectivity index (χ2v) is 5.40. The van der Waals surface area contributed by atoms with Crippen molar-refractivity contribution in [2.75, 3.05) is 30.8 Å². The molecule has 1 saturated heterocycles. The molecule has 1 aliphatic rings. The Bertz CT molecular complexity index is 674. The van der Waals surface area contributed by atoms with Gasteiger partial charge in [0, 0.05) is 25.8 Å². The van der Waals surface area contributed by atoms with E-state index < -0.39 is 6.10 Å². The molecular formula is C14H20N6O. The van der Waals surface area contributed by atoms with Crippen molar-refractivity contribution in [3.05, 3.63) is 17.3 Å². The van der Waals surface area contributed by atoms with Gasteiger partial charge in [-0.3, -0.25) is 0 Å². The number of pyridine rings is 1. The van der Waals surface area contributed by atoms with Gasteiger partial charge in [0.2, 0.25) is 5.95 Å². The number of aromatic nitrogens is 3. The molecule has 112 valence electrons. The number of anilines is 2. The average Bonchev–Trinajstić information content (AvgIpc) is 2.82. The largest absolute Gasteiger partial charge is 0.390 e. The van der Waals surface area contributed by atoms with Crippen LogP contribution in [0, 0.1) is 13.8 Å². The van der Waals surface area contributed by atoms with Gasteiger partial charge in [-0.1, -0.05) is 0 Å². The summed E-state index contributed by atoms with van der Waals surface area (Å²) in [4.78, 5) is 13.5. The van der Waals surface area contributed by atoms with Gasteiger partial charge < -0.3 is 21.1 Å². The molecular weight excluding hydrogens is 268 g/mol. The van der Waals surface area contributed by atoms with Crippen LogP contribution in [0.5, 0.6) is 0 Å². The number of aliphatic hydroxyl groups excluding tert-OH is 1. The van der Waals surface area contributed by atoms with Crippen LogP contribution in [-0.2, 0) is 0 Å². The van der Waals surface area contributed by atoms with E-state index in [1.807, 2.05) is 27.0 Å². The first-order chi connectivity index (χ1) is 10.1. The van der Waals surface area contributed by atoms with Crippen LogP contribution in [-0.4, -0.2) is 52.3 Å². The maximum atomic E-state index is 9.87. The molecule has 7 heteroatoms. The first kappa shape index (κ1) is 14.0. The van der Waals surface area contributed by atoms with Crippen molar-refractivity contribution in [1.82, 2.24) is 20.3 Å². The smallest absolute Gasteiger partial charge is 0.227 e. The van der Waals surface area contributed by atoms with Gasteiger partial charge in [0.05, 0.1) is 17.5 Å². The highest BCUT2D eigenvalue weighted by Crippen LogP contribution is 2.25. The fourth-order valence-corrected chi connectivity index (χ4v) is 2.70. The lowest BCUT2D eigenvalue weighted by atomic mass is 10.1. The van der Waals surface area contributed by atoms with E-state index in [4.69, 9.17) is 0 Å². The molecule has 2 aromatic heterocycles. The van der Waals surface area contributed by atoms with E-state index in [0.29, 0.717) is 24.7 Å². The third kappa shape index (κ3) is 2.62. The van der Waals surface area contributed by atoms with Gasteiger partial charge in [0.15, 0.2) is 5.65 Å². The van der Waals surface area contributed by atoms with Crippen LogP contribution in [0.3, 0.4) is 0 Å². The van der Waals surface area contributed by atoms with Crippen molar-refractivity contribution >= 4 is 22.8 Å². The van der Waals surface area contributed by atoms with Crippen molar-refractivity contribution in [1.29, 1.82) is 0 Å². The number of aryl methyl sites for hydroxylation is 2. The minimum absolute atomic E-state index is 0.0851. The summed E-state index contributed by atoms with van der Waals surface area (Å²) in [5.74, 6) is 1.23. The summed E-state index contributed by atoms with van der Waals surface area (Å²) >= 11 is 0. The number of hydrogen-bond acceptors (Lipinski definition) is 7. The molecule has 0 unspecified atom stereocenters. The topological polar surface area (TPSA) is 95.0 Å². The Morgan fingerprint density at radius 2 is 2.05 bits per heavy atom. The Morgan fingerprint density at radius 3 is 2.71 bits per heavy atom. The van der Waals surface area contributed by atoms with E-state index in [2.05, 4.69) is 30.9 Å². The Balaban J connectivity index is 2.04. The molecule has 0 spiro atoms. The van der Waals surface area contributed by atoms with E-state index in [9.17, 15) is 5.11 Å². The summed E-state index contributed by atoms with van der Waals surface area (Å²) in [6.07, 6.45) is -0.436. The number of β-amino-alcohol motifs (C(OH)–C–C–N with tert-alkyl or cyclic N) is 1. The van der Waals surface area contributed by atoms with Crippen molar-refractivity contribution in [3.8, 4) is 0 Å². The van der Waals surface area contributed by atoms with Crippen LogP contribution in [0.15, 0.2) is 6.07 Å². The predicted octanol–water partition coefficient (Wildman–Crippen LogP) is 0.428. The Hall–Kier alpha value is -1.99. The van der Waals surface area contributed by atoms with Crippen molar-refractivity contribution in [3.63, 3.8) is 0 Å². The average molecular weight is 288 g/mol. The number of aliphatic hydroxyl groups is 1. The van der Waals surface area contributed by atoms with Gasteiger partial charge in [-0.25, -0.2) is 4.98 Å². The van der Waals surface area contributed by atoms with Gasteiger partial charge in [-0.2, -0.15) is 9.97 Å². The van der Waals surface area contributed by atoms with Crippen LogP contribution >= 0.6 is 0 Å². The molecule has 0 aliphatic carbocycles. The van der Waals surface area contributed by atoms with Gasteiger partial charge >= 0.3 is 0 Å². The van der Waals surface area contributed by atoms with Gasteiger partial charge in [-0.15, -0.1) is 0 Å². The monoisotopic (exact) mass is 288 g/mol. The standard InChI is InChI=1S/C14H20N6O/c1-7-4-8(2)17-13-11(7)12(15-3)19-14(20-13)18-9-5-16-6-10(9)21/h4,9-10,16,21H,5-6H2,1-3H3,(H2,15,17,18,19,20)/t9-,10-/m0/s1. The zero-order valence-corrected chi connectivity index (χ0v) is 12.4. The molecule has 2 atom stereocenters. The van der Waals surface area contributed by atoms with E-state index in [-0.39, 0.29) is 6.04 Å². The SMILES string of the molecule is CNc1nc(N[C@H]2CNC[C@@H]2O)nc2nc(C)cc(C)c12. The highest BCUT2D eigenvalue weighted by molar-refractivity contribution is 5.90. The van der Waals surface area contributed by atoms with Gasteiger partial charge in [-0.05, 0) is 25.5 Å². The molecule has 7 nitrogen and oxygen atoms in total. The summed E-state index contributed by atoms with van der Waals surface area (Å²) in [5, 5.41) is 20.2. The highest BCUT2D eigenvalue weighted by Gasteiger charge is 2.25. The number of fused-ring (bicyclic) bond motifs is 1. The molecule has 0 saturated carbocycles. The normalized spacial score (nSPS) is 21.7. The minimum atomic E-state index is -0.436. The van der Waals surface area contributed by atoms with Crippen LogP contribution in [0.4, 0.5) is 11.8 Å². The summed E-state index contributed by atoms with van der Waals surface area (Å²) in [5.41, 5.74) is 2.68. The molecule has 21 heavy (non-hydrogen) atoms. The van der Waals surface area contributed by atoms with Crippen LogP contribution in [0.1, 0.15) is 11.3 Å². The molecule has 0 amide bonds. The van der Waals surface area contributed by atoms with E-state index in [1.165, 1.54) is 0 Å². The molecule has 3 heterocycles. The van der Waals surface area contributed by atoms with Crippen molar-refractivity contribution in [2.24, 2.45) is 0 Å². The molecule has 3 rings (SSSR count). The second kappa shape index (κ2) is 5.42. The summed E-state index contributed by atoms with van der Waals surface area (Å²) in [6, 6.07) is 1.93. The number of nitrogens with zero attached hydrogens (tertiary/aromatic N) is 3. The molecule has 0 aromatic carbocycles. The lowest BCUT2D eigenvalue weighted by molar-refractivity contribution is 0.185. The lowest BCUT2D eigenvalue weighted by Gasteiger charge is -2.17. The van der Waals surface area contributed by atoms with Crippen LogP contribution < -0.4 is 16.0 Å². The molecule has 1 aliphatic heterocycles. The molecule has 0 bridgehead atoms. The molecule has 4 N–H and O–H groups in total. The fraction of sp³-hybridized carbons (Fsp3) is 0.500. The van der Waals surface area contributed by atoms with Gasteiger partial charge in [0.25, 0.3) is 0 Å². The predicted molar refractivity (Wildman–Crippen MR) is 82.6 cm³/mol. The third-order valence-electron chi connectivity index (χ3n) is 3.73. The zero-order chi connectivity index (χ0) is 15.0. The molecule has 1 fully saturated rings. The van der Waals surface area contributed by atoms with Gasteiger partial charge in [0.1, 0.15) is 5.82 Å². The summed E-state index contributed by atoms with van der Waals surface area (Å²) in [6.45, 7) is 5.25. The maximum absolute atomic E-state index is 9.87.